The van der Waals surface area contributed by atoms with Crippen LogP contribution in [0.2, 0.25) is 0 Å². The molecular weight excluding hydrogens is 296 g/mol. The molecule has 1 aromatic carbocycles. The van der Waals surface area contributed by atoms with E-state index in [1.807, 2.05) is 6.92 Å². The number of hydrogen-bond donors (Lipinski definition) is 2. The molecule has 0 radical (unpaired) electrons. The van der Waals surface area contributed by atoms with Crippen LogP contribution in [0.25, 0.3) is 5.57 Å². The Balaban J connectivity index is 4.05. The van der Waals surface area contributed by atoms with Crippen LogP contribution in [0.4, 0.5) is 5.69 Å². The Hall–Kier alpha value is -1.77. The molecule has 0 heterocycles. The molecule has 0 spiro atoms. The number of carbonyl (C=O) groups is 1. The van der Waals surface area contributed by atoms with Crippen LogP contribution in [0.1, 0.15) is 83.2 Å². The number of carbonyl (C=O) groups excluding carboxylic acids is 1. The molecule has 0 aromatic heterocycles. The SMILES string of the molecule is C/C(NC=O)=C(/C)c1c(C)c(C(C)(C)C)c(N)c(C(C)(C)C)c1C. The van der Waals surface area contributed by atoms with Gasteiger partial charge in [-0.3, -0.25) is 4.79 Å². The molecule has 3 N–H and O–H groups in total. The summed E-state index contributed by atoms with van der Waals surface area (Å²) in [5.74, 6) is 0. The Labute approximate surface area is 147 Å². The molecule has 0 aliphatic carbocycles. The average molecular weight is 331 g/mol. The predicted octanol–water partition coefficient (Wildman–Crippen LogP) is 4.98. The van der Waals surface area contributed by atoms with Crippen molar-refractivity contribution in [2.24, 2.45) is 0 Å². The minimum absolute atomic E-state index is 0.0527. The first kappa shape index (κ1) is 20.3. The van der Waals surface area contributed by atoms with Gasteiger partial charge in [0.15, 0.2) is 0 Å². The van der Waals surface area contributed by atoms with Crippen molar-refractivity contribution in [3.63, 3.8) is 0 Å². The lowest BCUT2D eigenvalue weighted by atomic mass is 9.72. The molecule has 1 aromatic rings. The highest BCUT2D eigenvalue weighted by atomic mass is 16.1. The van der Waals surface area contributed by atoms with E-state index in [1.165, 1.54) is 27.8 Å². The summed E-state index contributed by atoms with van der Waals surface area (Å²) in [4.78, 5) is 10.9. The van der Waals surface area contributed by atoms with Crippen molar-refractivity contribution in [3.05, 3.63) is 33.5 Å². The quantitative estimate of drug-likeness (QED) is 0.607. The third-order valence-electron chi connectivity index (χ3n) is 4.75. The lowest BCUT2D eigenvalue weighted by molar-refractivity contribution is -0.108. The van der Waals surface area contributed by atoms with Gasteiger partial charge in [0, 0.05) is 11.4 Å². The predicted molar refractivity (Wildman–Crippen MR) is 105 cm³/mol. The normalized spacial score (nSPS) is 13.6. The Morgan fingerprint density at radius 1 is 0.917 bits per heavy atom. The van der Waals surface area contributed by atoms with Crippen LogP contribution in [-0.2, 0) is 15.6 Å². The van der Waals surface area contributed by atoms with E-state index in [0.29, 0.717) is 0 Å². The standard InChI is InChI=1S/C21H34N2O/c1-12(15(4)23-11-24)16-13(2)17(20(5,6)7)19(22)18(14(16)3)21(8,9)10/h11H,22H2,1-10H3,(H,23,24)/b15-12+. The summed E-state index contributed by atoms with van der Waals surface area (Å²) in [5.41, 5.74) is 15.4. The zero-order valence-electron chi connectivity index (χ0n) is 17.1. The Bertz CT molecular complexity index is 642. The number of benzene rings is 1. The summed E-state index contributed by atoms with van der Waals surface area (Å²) >= 11 is 0. The van der Waals surface area contributed by atoms with Gasteiger partial charge in [0.05, 0.1) is 0 Å². The number of anilines is 1. The van der Waals surface area contributed by atoms with Gasteiger partial charge in [-0.25, -0.2) is 0 Å². The van der Waals surface area contributed by atoms with Crippen LogP contribution in [0.5, 0.6) is 0 Å². The number of nitrogens with two attached hydrogens (primary N) is 1. The van der Waals surface area contributed by atoms with Crippen molar-refractivity contribution in [2.45, 2.75) is 80.1 Å². The molecule has 1 amide bonds. The molecule has 0 aliphatic heterocycles. The van der Waals surface area contributed by atoms with Gasteiger partial charge in [-0.1, -0.05) is 41.5 Å². The van der Waals surface area contributed by atoms with Gasteiger partial charge in [-0.2, -0.15) is 0 Å². The molecule has 0 fully saturated rings. The van der Waals surface area contributed by atoms with Gasteiger partial charge in [-0.15, -0.1) is 0 Å². The van der Waals surface area contributed by atoms with Crippen molar-refractivity contribution < 1.29 is 4.79 Å². The summed E-state index contributed by atoms with van der Waals surface area (Å²) in [6.07, 6.45) is 0.732. The largest absolute Gasteiger partial charge is 0.398 e. The fourth-order valence-electron chi connectivity index (χ4n) is 3.94. The van der Waals surface area contributed by atoms with Gasteiger partial charge in [0.1, 0.15) is 0 Å². The molecule has 1 rings (SSSR count). The second kappa shape index (κ2) is 6.62. The molecule has 0 bridgehead atoms. The second-order valence-corrected chi connectivity index (χ2v) is 8.80. The summed E-state index contributed by atoms with van der Waals surface area (Å²) in [5, 5.41) is 2.80. The van der Waals surface area contributed by atoms with Crippen molar-refractivity contribution >= 4 is 17.7 Å². The molecule has 134 valence electrons. The van der Waals surface area contributed by atoms with E-state index in [0.717, 1.165) is 23.4 Å². The van der Waals surface area contributed by atoms with E-state index in [2.05, 4.69) is 67.6 Å². The molecule has 0 saturated carbocycles. The Kier molecular flexibility index (Phi) is 5.59. The first-order chi connectivity index (χ1) is 10.7. The first-order valence-corrected chi connectivity index (χ1v) is 8.56. The maximum Gasteiger partial charge on any atom is 0.211 e. The van der Waals surface area contributed by atoms with E-state index in [9.17, 15) is 4.79 Å². The molecule has 0 saturated heterocycles. The van der Waals surface area contributed by atoms with Crippen LogP contribution in [0, 0.1) is 13.8 Å². The van der Waals surface area contributed by atoms with Gasteiger partial charge >= 0.3 is 0 Å². The first-order valence-electron chi connectivity index (χ1n) is 8.56. The monoisotopic (exact) mass is 330 g/mol. The van der Waals surface area contributed by atoms with Crippen molar-refractivity contribution in [1.82, 2.24) is 5.32 Å². The van der Waals surface area contributed by atoms with Gasteiger partial charge < -0.3 is 11.1 Å². The smallest absolute Gasteiger partial charge is 0.211 e. The maximum absolute atomic E-state index is 10.9. The molecule has 3 heteroatoms. The highest BCUT2D eigenvalue weighted by molar-refractivity contribution is 5.80. The minimum atomic E-state index is -0.0527. The highest BCUT2D eigenvalue weighted by Crippen LogP contribution is 2.44. The van der Waals surface area contributed by atoms with E-state index < -0.39 is 0 Å². The summed E-state index contributed by atoms with van der Waals surface area (Å²) in [6, 6.07) is 0. The molecule has 0 atom stereocenters. The zero-order chi connectivity index (χ0) is 19.0. The molecule has 24 heavy (non-hydrogen) atoms. The van der Waals surface area contributed by atoms with Crippen LogP contribution in [0.15, 0.2) is 5.70 Å². The summed E-state index contributed by atoms with van der Waals surface area (Å²) in [6.45, 7) is 21.5. The fourth-order valence-corrected chi connectivity index (χ4v) is 3.94. The van der Waals surface area contributed by atoms with Crippen LogP contribution < -0.4 is 11.1 Å². The van der Waals surface area contributed by atoms with E-state index in [-0.39, 0.29) is 10.8 Å². The molecule has 0 unspecified atom stereocenters. The highest BCUT2D eigenvalue weighted by Gasteiger charge is 2.30. The van der Waals surface area contributed by atoms with E-state index in [4.69, 9.17) is 5.73 Å². The van der Waals surface area contributed by atoms with Crippen molar-refractivity contribution in [1.29, 1.82) is 0 Å². The van der Waals surface area contributed by atoms with Crippen LogP contribution >= 0.6 is 0 Å². The maximum atomic E-state index is 10.9. The number of nitrogen functional groups attached to an aromatic ring is 1. The second-order valence-electron chi connectivity index (χ2n) is 8.80. The molecule has 0 aliphatic rings. The number of allylic oxidation sites excluding steroid dienone is 2. The molecular formula is C21H34N2O. The minimum Gasteiger partial charge on any atom is -0.398 e. The fraction of sp³-hybridized carbons (Fsp3) is 0.571. The van der Waals surface area contributed by atoms with Gasteiger partial charge in [0.2, 0.25) is 6.41 Å². The summed E-state index contributed by atoms with van der Waals surface area (Å²) < 4.78 is 0. The number of nitrogens with one attached hydrogen (secondary N) is 1. The molecule has 3 nitrogen and oxygen atoms in total. The number of hydrogen-bond acceptors (Lipinski definition) is 2. The third-order valence-corrected chi connectivity index (χ3v) is 4.75. The van der Waals surface area contributed by atoms with E-state index >= 15 is 0 Å². The third kappa shape index (κ3) is 3.66. The van der Waals surface area contributed by atoms with Gasteiger partial charge in [0.25, 0.3) is 0 Å². The van der Waals surface area contributed by atoms with Crippen molar-refractivity contribution in [3.8, 4) is 0 Å². The van der Waals surface area contributed by atoms with Crippen LogP contribution in [-0.4, -0.2) is 6.41 Å². The summed E-state index contributed by atoms with van der Waals surface area (Å²) in [7, 11) is 0. The van der Waals surface area contributed by atoms with Crippen molar-refractivity contribution in [2.75, 3.05) is 5.73 Å². The Morgan fingerprint density at radius 2 is 1.29 bits per heavy atom. The van der Waals surface area contributed by atoms with Gasteiger partial charge in [-0.05, 0) is 71.9 Å². The number of rotatable bonds is 3. The topological polar surface area (TPSA) is 55.1 Å². The van der Waals surface area contributed by atoms with Crippen LogP contribution in [0.3, 0.4) is 0 Å². The zero-order valence-corrected chi connectivity index (χ0v) is 17.1. The Morgan fingerprint density at radius 3 is 1.58 bits per heavy atom. The number of amides is 1. The van der Waals surface area contributed by atoms with E-state index in [1.54, 1.807) is 0 Å². The lowest BCUT2D eigenvalue weighted by Crippen LogP contribution is -2.25. The lowest BCUT2D eigenvalue weighted by Gasteiger charge is -2.34. The average Bonchev–Trinajstić information content (AvgIpc) is 2.34.